The molecule has 0 saturated carbocycles. The van der Waals surface area contributed by atoms with Gasteiger partial charge < -0.3 is 15.0 Å². The van der Waals surface area contributed by atoms with Crippen LogP contribution in [0.15, 0.2) is 72.8 Å². The fourth-order valence-corrected chi connectivity index (χ4v) is 4.56. The number of carbonyl (C=O) groups excluding carboxylic acids is 2. The normalized spacial score (nSPS) is 15.7. The van der Waals surface area contributed by atoms with Crippen LogP contribution in [-0.4, -0.2) is 29.4 Å². The number of benzene rings is 3. The van der Waals surface area contributed by atoms with Gasteiger partial charge in [0.1, 0.15) is 11.6 Å². The van der Waals surface area contributed by atoms with Gasteiger partial charge in [0.15, 0.2) is 6.10 Å². The van der Waals surface area contributed by atoms with Gasteiger partial charge in [0.2, 0.25) is 5.91 Å². The van der Waals surface area contributed by atoms with Crippen LogP contribution in [0, 0.1) is 5.82 Å². The van der Waals surface area contributed by atoms with Gasteiger partial charge in [-0.05, 0) is 59.4 Å². The quantitative estimate of drug-likeness (QED) is 0.489. The van der Waals surface area contributed by atoms with Crippen LogP contribution in [0.5, 0.6) is 5.75 Å². The van der Waals surface area contributed by atoms with E-state index in [9.17, 15) is 14.0 Å². The van der Waals surface area contributed by atoms with E-state index >= 15 is 0 Å². The van der Waals surface area contributed by atoms with Crippen LogP contribution in [0.1, 0.15) is 55.0 Å². The zero-order chi connectivity index (χ0) is 24.8. The van der Waals surface area contributed by atoms with Crippen molar-refractivity contribution in [2.24, 2.45) is 0 Å². The van der Waals surface area contributed by atoms with Crippen LogP contribution >= 0.6 is 0 Å². The molecule has 1 aliphatic rings. The van der Waals surface area contributed by atoms with Gasteiger partial charge in [0.05, 0.1) is 6.04 Å². The Morgan fingerprint density at radius 2 is 1.86 bits per heavy atom. The highest BCUT2D eigenvalue weighted by molar-refractivity contribution is 5.81. The standard InChI is InChI=1S/C29H31FN2O3/c1-3-26(29(34)31-19-20-9-6-5-7-10-20)35-24-14-13-21-15-16-32(27(33)4-2)28(25(21)18-24)22-11-8-12-23(30)17-22/h5-14,17-18,26,28H,3-4,15-16,19H2,1-2H3,(H,31,34)/t26-,28+/m1/s1. The van der Waals surface area contributed by atoms with Gasteiger partial charge in [-0.2, -0.15) is 0 Å². The maximum atomic E-state index is 14.1. The van der Waals surface area contributed by atoms with Crippen molar-refractivity contribution in [3.05, 3.63) is 101 Å². The lowest BCUT2D eigenvalue weighted by Gasteiger charge is -2.38. The van der Waals surface area contributed by atoms with E-state index in [2.05, 4.69) is 5.32 Å². The molecule has 1 N–H and O–H groups in total. The summed E-state index contributed by atoms with van der Waals surface area (Å²) in [5.74, 6) is 0.0474. The van der Waals surface area contributed by atoms with E-state index in [1.54, 1.807) is 6.07 Å². The third-order valence-electron chi connectivity index (χ3n) is 6.38. The summed E-state index contributed by atoms with van der Waals surface area (Å²) in [4.78, 5) is 27.4. The topological polar surface area (TPSA) is 58.6 Å². The van der Waals surface area contributed by atoms with Gasteiger partial charge in [-0.1, -0.05) is 62.4 Å². The lowest BCUT2D eigenvalue weighted by atomic mass is 9.87. The molecule has 0 spiro atoms. The second-order valence-electron chi connectivity index (χ2n) is 8.73. The van der Waals surface area contributed by atoms with Crippen LogP contribution in [0.25, 0.3) is 0 Å². The molecule has 0 aliphatic carbocycles. The van der Waals surface area contributed by atoms with Crippen molar-refractivity contribution < 1.29 is 18.7 Å². The molecule has 0 saturated heterocycles. The van der Waals surface area contributed by atoms with Gasteiger partial charge >= 0.3 is 0 Å². The first-order valence-corrected chi connectivity index (χ1v) is 12.2. The lowest BCUT2D eigenvalue weighted by molar-refractivity contribution is -0.133. The molecular weight excluding hydrogens is 443 g/mol. The minimum absolute atomic E-state index is 0.0166. The van der Waals surface area contributed by atoms with Crippen molar-refractivity contribution in [1.82, 2.24) is 10.2 Å². The fraction of sp³-hybridized carbons (Fsp3) is 0.310. The first-order chi connectivity index (χ1) is 17.0. The van der Waals surface area contributed by atoms with Crippen molar-refractivity contribution in [3.63, 3.8) is 0 Å². The molecule has 0 bridgehead atoms. The van der Waals surface area contributed by atoms with Gasteiger partial charge in [0, 0.05) is 19.5 Å². The number of rotatable bonds is 8. The third kappa shape index (κ3) is 5.70. The Balaban J connectivity index is 1.58. The number of nitrogens with zero attached hydrogens (tertiary/aromatic N) is 1. The summed E-state index contributed by atoms with van der Waals surface area (Å²) >= 11 is 0. The second kappa shape index (κ2) is 11.2. The van der Waals surface area contributed by atoms with E-state index in [4.69, 9.17) is 4.74 Å². The molecule has 0 fully saturated rings. The van der Waals surface area contributed by atoms with Crippen LogP contribution in [0.2, 0.25) is 0 Å². The number of fused-ring (bicyclic) bond motifs is 1. The number of halogens is 1. The van der Waals surface area contributed by atoms with Crippen LogP contribution in [0.3, 0.4) is 0 Å². The van der Waals surface area contributed by atoms with E-state index in [0.29, 0.717) is 38.1 Å². The van der Waals surface area contributed by atoms with E-state index < -0.39 is 12.1 Å². The van der Waals surface area contributed by atoms with Crippen molar-refractivity contribution in [2.45, 2.75) is 51.8 Å². The number of ether oxygens (including phenoxy) is 1. The molecule has 3 aromatic carbocycles. The first kappa shape index (κ1) is 24.5. The summed E-state index contributed by atoms with van der Waals surface area (Å²) in [6, 6.07) is 21.5. The second-order valence-corrected chi connectivity index (χ2v) is 8.73. The molecule has 182 valence electrons. The molecule has 0 unspecified atom stereocenters. The van der Waals surface area contributed by atoms with Gasteiger partial charge in [-0.25, -0.2) is 4.39 Å². The highest BCUT2D eigenvalue weighted by Gasteiger charge is 2.32. The van der Waals surface area contributed by atoms with Crippen molar-refractivity contribution in [2.75, 3.05) is 6.54 Å². The first-order valence-electron chi connectivity index (χ1n) is 12.2. The van der Waals surface area contributed by atoms with E-state index in [0.717, 1.165) is 22.3 Å². The largest absolute Gasteiger partial charge is 0.481 e. The predicted molar refractivity (Wildman–Crippen MR) is 133 cm³/mol. The number of amides is 2. The van der Waals surface area contributed by atoms with E-state index in [1.165, 1.54) is 12.1 Å². The average molecular weight is 475 g/mol. The summed E-state index contributed by atoms with van der Waals surface area (Å²) < 4.78 is 20.2. The summed E-state index contributed by atoms with van der Waals surface area (Å²) in [5.41, 5.74) is 3.73. The van der Waals surface area contributed by atoms with Crippen molar-refractivity contribution in [1.29, 1.82) is 0 Å². The Morgan fingerprint density at radius 3 is 2.57 bits per heavy atom. The highest BCUT2D eigenvalue weighted by atomic mass is 19.1. The Hall–Kier alpha value is -3.67. The number of hydrogen-bond acceptors (Lipinski definition) is 3. The van der Waals surface area contributed by atoms with Crippen LogP contribution in [-0.2, 0) is 22.6 Å². The highest BCUT2D eigenvalue weighted by Crippen LogP contribution is 2.38. The number of carbonyl (C=O) groups is 2. The molecule has 2 atom stereocenters. The third-order valence-corrected chi connectivity index (χ3v) is 6.38. The van der Waals surface area contributed by atoms with Gasteiger partial charge in [0.25, 0.3) is 5.91 Å². The van der Waals surface area contributed by atoms with Crippen LogP contribution < -0.4 is 10.1 Å². The minimum Gasteiger partial charge on any atom is -0.481 e. The van der Waals surface area contributed by atoms with Crippen molar-refractivity contribution in [3.8, 4) is 5.75 Å². The predicted octanol–water partition coefficient (Wildman–Crippen LogP) is 5.18. The van der Waals surface area contributed by atoms with Crippen molar-refractivity contribution >= 4 is 11.8 Å². The Bertz CT molecular complexity index is 1180. The Kier molecular flexibility index (Phi) is 7.80. The van der Waals surface area contributed by atoms with E-state index in [1.807, 2.05) is 73.3 Å². The molecule has 3 aromatic rings. The molecular formula is C29H31FN2O3. The summed E-state index contributed by atoms with van der Waals surface area (Å²) in [6.45, 7) is 4.74. The molecule has 0 radical (unpaired) electrons. The van der Waals surface area contributed by atoms with Gasteiger partial charge in [-0.3, -0.25) is 9.59 Å². The fourth-order valence-electron chi connectivity index (χ4n) is 4.56. The zero-order valence-corrected chi connectivity index (χ0v) is 20.2. The summed E-state index contributed by atoms with van der Waals surface area (Å²) in [6.07, 6.45) is 0.936. The molecule has 1 heterocycles. The monoisotopic (exact) mass is 474 g/mol. The average Bonchev–Trinajstić information content (AvgIpc) is 2.89. The zero-order valence-electron chi connectivity index (χ0n) is 20.2. The molecule has 0 aromatic heterocycles. The van der Waals surface area contributed by atoms with Gasteiger partial charge in [-0.15, -0.1) is 0 Å². The Morgan fingerprint density at radius 1 is 1.06 bits per heavy atom. The molecule has 5 nitrogen and oxygen atoms in total. The van der Waals surface area contributed by atoms with Crippen LogP contribution in [0.4, 0.5) is 4.39 Å². The molecule has 4 rings (SSSR count). The minimum atomic E-state index is -0.652. The molecule has 35 heavy (non-hydrogen) atoms. The lowest BCUT2D eigenvalue weighted by Crippen LogP contribution is -2.40. The van der Waals surface area contributed by atoms with E-state index in [-0.39, 0.29) is 17.6 Å². The molecule has 1 aliphatic heterocycles. The Labute approximate surface area is 205 Å². The maximum Gasteiger partial charge on any atom is 0.261 e. The number of hydrogen-bond donors (Lipinski definition) is 1. The maximum absolute atomic E-state index is 14.1. The SMILES string of the molecule is CCC(=O)N1CCc2ccc(O[C@H](CC)C(=O)NCc3ccccc3)cc2[C@@H]1c1cccc(F)c1. The summed E-state index contributed by atoms with van der Waals surface area (Å²) in [7, 11) is 0. The smallest absolute Gasteiger partial charge is 0.261 e. The molecule has 2 amide bonds. The molecule has 6 heteroatoms. The summed E-state index contributed by atoms with van der Waals surface area (Å²) in [5, 5.41) is 2.94. The number of nitrogens with one attached hydrogen (secondary N) is 1.